The van der Waals surface area contributed by atoms with Crippen LogP contribution in [0.5, 0.6) is 5.75 Å². The maximum Gasteiger partial charge on any atom is 0.118 e. The first kappa shape index (κ1) is 15.7. The molecule has 122 valence electrons. The zero-order chi connectivity index (χ0) is 16.2. The fourth-order valence-electron chi connectivity index (χ4n) is 3.20. The number of likely N-dealkylation sites (N-methyl/N-ethyl adjacent to an activating group) is 1. The molecule has 4 heteroatoms. The average Bonchev–Trinajstić information content (AvgIpc) is 2.76. The van der Waals surface area contributed by atoms with Gasteiger partial charge < -0.3 is 15.4 Å². The highest BCUT2D eigenvalue weighted by molar-refractivity contribution is 5.72. The molecule has 0 fully saturated rings. The van der Waals surface area contributed by atoms with E-state index in [0.29, 0.717) is 0 Å². The Labute approximate surface area is 138 Å². The molecule has 0 unspecified atom stereocenters. The number of nitrogens with zero attached hydrogens (tertiary/aromatic N) is 2. The van der Waals surface area contributed by atoms with Gasteiger partial charge in [0, 0.05) is 26.2 Å². The SMILES string of the molecule is CCN1CCN(Cc2ccc(OC)cc2)c2c(N)cccc2C1. The van der Waals surface area contributed by atoms with Crippen molar-refractivity contribution in [1.29, 1.82) is 0 Å². The Bertz CT molecular complexity index is 654. The second-order valence-electron chi connectivity index (χ2n) is 5.99. The van der Waals surface area contributed by atoms with E-state index in [4.69, 9.17) is 10.5 Å². The molecule has 0 saturated carbocycles. The van der Waals surface area contributed by atoms with E-state index in [0.717, 1.165) is 44.2 Å². The molecule has 23 heavy (non-hydrogen) atoms. The van der Waals surface area contributed by atoms with Crippen LogP contribution in [0.25, 0.3) is 0 Å². The molecule has 2 aromatic carbocycles. The molecular weight excluding hydrogens is 286 g/mol. The van der Waals surface area contributed by atoms with Gasteiger partial charge in [-0.1, -0.05) is 31.2 Å². The molecule has 0 radical (unpaired) electrons. The van der Waals surface area contributed by atoms with Crippen molar-refractivity contribution in [3.05, 3.63) is 53.6 Å². The van der Waals surface area contributed by atoms with E-state index >= 15 is 0 Å². The minimum Gasteiger partial charge on any atom is -0.497 e. The Balaban J connectivity index is 1.89. The Kier molecular flexibility index (Phi) is 4.72. The zero-order valence-electron chi connectivity index (χ0n) is 14.0. The first-order chi connectivity index (χ1) is 11.2. The van der Waals surface area contributed by atoms with E-state index in [1.54, 1.807) is 7.11 Å². The summed E-state index contributed by atoms with van der Waals surface area (Å²) in [6, 6.07) is 14.5. The summed E-state index contributed by atoms with van der Waals surface area (Å²) in [5, 5.41) is 0. The molecule has 0 spiro atoms. The fourth-order valence-corrected chi connectivity index (χ4v) is 3.20. The molecule has 0 aromatic heterocycles. The highest BCUT2D eigenvalue weighted by Crippen LogP contribution is 2.32. The van der Waals surface area contributed by atoms with Gasteiger partial charge in [0.15, 0.2) is 0 Å². The van der Waals surface area contributed by atoms with Crippen LogP contribution in [-0.2, 0) is 13.1 Å². The maximum absolute atomic E-state index is 6.31. The van der Waals surface area contributed by atoms with Gasteiger partial charge in [0.2, 0.25) is 0 Å². The van der Waals surface area contributed by atoms with Crippen LogP contribution in [0.1, 0.15) is 18.1 Å². The van der Waals surface area contributed by atoms with Crippen molar-refractivity contribution in [3.63, 3.8) is 0 Å². The standard InChI is InChI=1S/C19H25N3O/c1-3-21-11-12-22(13-15-7-9-17(23-2)10-8-15)19-16(14-21)5-4-6-18(19)20/h4-10H,3,11-14,20H2,1-2H3. The number of rotatable bonds is 4. The Morgan fingerprint density at radius 1 is 1.09 bits per heavy atom. The lowest BCUT2D eigenvalue weighted by atomic mass is 10.1. The van der Waals surface area contributed by atoms with Gasteiger partial charge in [-0.2, -0.15) is 0 Å². The maximum atomic E-state index is 6.31. The molecule has 0 atom stereocenters. The predicted octanol–water partition coefficient (Wildman–Crippen LogP) is 3.12. The van der Waals surface area contributed by atoms with Crippen molar-refractivity contribution in [1.82, 2.24) is 4.90 Å². The molecule has 3 rings (SSSR count). The van der Waals surface area contributed by atoms with Gasteiger partial charge in [-0.3, -0.25) is 4.90 Å². The van der Waals surface area contributed by atoms with Gasteiger partial charge >= 0.3 is 0 Å². The molecule has 0 aliphatic carbocycles. The molecular formula is C19H25N3O. The lowest BCUT2D eigenvalue weighted by Gasteiger charge is -2.26. The number of nitrogen functional groups attached to an aromatic ring is 1. The molecule has 4 nitrogen and oxygen atoms in total. The van der Waals surface area contributed by atoms with Crippen LogP contribution in [0.3, 0.4) is 0 Å². The molecule has 0 saturated heterocycles. The summed E-state index contributed by atoms with van der Waals surface area (Å²) in [6.07, 6.45) is 0. The van der Waals surface area contributed by atoms with Gasteiger partial charge in [-0.05, 0) is 35.9 Å². The van der Waals surface area contributed by atoms with Crippen molar-refractivity contribution in [3.8, 4) is 5.75 Å². The second kappa shape index (κ2) is 6.92. The van der Waals surface area contributed by atoms with Crippen molar-refractivity contribution < 1.29 is 4.74 Å². The van der Waals surface area contributed by atoms with Crippen LogP contribution in [0, 0.1) is 0 Å². The number of nitrogens with two attached hydrogens (primary N) is 1. The molecule has 1 heterocycles. The Hall–Kier alpha value is -2.20. The van der Waals surface area contributed by atoms with Crippen molar-refractivity contribution in [2.45, 2.75) is 20.0 Å². The molecule has 0 amide bonds. The van der Waals surface area contributed by atoms with Crippen LogP contribution in [0.4, 0.5) is 11.4 Å². The number of hydrogen-bond acceptors (Lipinski definition) is 4. The summed E-state index contributed by atoms with van der Waals surface area (Å²) < 4.78 is 5.24. The lowest BCUT2D eigenvalue weighted by Crippen LogP contribution is -2.31. The van der Waals surface area contributed by atoms with Gasteiger partial charge in [0.05, 0.1) is 18.5 Å². The van der Waals surface area contributed by atoms with Crippen LogP contribution in [0.15, 0.2) is 42.5 Å². The number of ether oxygens (including phenoxy) is 1. The van der Waals surface area contributed by atoms with Gasteiger partial charge in [-0.25, -0.2) is 0 Å². The number of hydrogen-bond donors (Lipinski definition) is 1. The summed E-state index contributed by atoms with van der Waals surface area (Å²) in [5.74, 6) is 0.890. The molecule has 1 aliphatic heterocycles. The monoisotopic (exact) mass is 311 g/mol. The Morgan fingerprint density at radius 2 is 1.87 bits per heavy atom. The predicted molar refractivity (Wildman–Crippen MR) is 95.8 cm³/mol. The van der Waals surface area contributed by atoms with E-state index < -0.39 is 0 Å². The first-order valence-corrected chi connectivity index (χ1v) is 8.19. The van der Waals surface area contributed by atoms with E-state index in [-0.39, 0.29) is 0 Å². The lowest BCUT2D eigenvalue weighted by molar-refractivity contribution is 0.292. The molecule has 1 aliphatic rings. The van der Waals surface area contributed by atoms with E-state index in [1.807, 2.05) is 18.2 Å². The number of anilines is 2. The number of benzene rings is 2. The fraction of sp³-hybridized carbons (Fsp3) is 0.368. The minimum atomic E-state index is 0.864. The quantitative estimate of drug-likeness (QED) is 0.881. The largest absolute Gasteiger partial charge is 0.497 e. The summed E-state index contributed by atoms with van der Waals surface area (Å²) in [4.78, 5) is 4.87. The second-order valence-corrected chi connectivity index (χ2v) is 5.99. The number of methoxy groups -OCH3 is 1. The van der Waals surface area contributed by atoms with Gasteiger partial charge in [0.1, 0.15) is 5.75 Å². The van der Waals surface area contributed by atoms with Crippen LogP contribution >= 0.6 is 0 Å². The smallest absolute Gasteiger partial charge is 0.118 e. The summed E-state index contributed by atoms with van der Waals surface area (Å²) in [7, 11) is 1.69. The van der Waals surface area contributed by atoms with E-state index in [2.05, 4.69) is 41.0 Å². The van der Waals surface area contributed by atoms with Gasteiger partial charge in [-0.15, -0.1) is 0 Å². The third-order valence-electron chi connectivity index (χ3n) is 4.53. The summed E-state index contributed by atoms with van der Waals surface area (Å²) in [6.45, 7) is 7.15. The highest BCUT2D eigenvalue weighted by Gasteiger charge is 2.21. The zero-order valence-corrected chi connectivity index (χ0v) is 14.0. The molecule has 2 N–H and O–H groups in total. The average molecular weight is 311 g/mol. The van der Waals surface area contributed by atoms with E-state index in [1.165, 1.54) is 16.8 Å². The third kappa shape index (κ3) is 3.42. The van der Waals surface area contributed by atoms with Crippen LogP contribution in [-0.4, -0.2) is 31.6 Å². The Morgan fingerprint density at radius 3 is 2.57 bits per heavy atom. The van der Waals surface area contributed by atoms with Crippen LogP contribution < -0.4 is 15.4 Å². The van der Waals surface area contributed by atoms with Crippen molar-refractivity contribution in [2.24, 2.45) is 0 Å². The molecule has 2 aromatic rings. The summed E-state index contributed by atoms with van der Waals surface area (Å²) in [5.41, 5.74) is 11.0. The van der Waals surface area contributed by atoms with Crippen LogP contribution in [0.2, 0.25) is 0 Å². The molecule has 0 bridgehead atoms. The normalized spacial score (nSPS) is 15.1. The van der Waals surface area contributed by atoms with Crippen molar-refractivity contribution in [2.75, 3.05) is 37.4 Å². The topological polar surface area (TPSA) is 41.7 Å². The minimum absolute atomic E-state index is 0.864. The third-order valence-corrected chi connectivity index (χ3v) is 4.53. The summed E-state index contributed by atoms with van der Waals surface area (Å²) >= 11 is 0. The highest BCUT2D eigenvalue weighted by atomic mass is 16.5. The van der Waals surface area contributed by atoms with Crippen molar-refractivity contribution >= 4 is 11.4 Å². The number of fused-ring (bicyclic) bond motifs is 1. The number of para-hydroxylation sites is 1. The first-order valence-electron chi connectivity index (χ1n) is 8.19. The van der Waals surface area contributed by atoms with E-state index in [9.17, 15) is 0 Å². The van der Waals surface area contributed by atoms with Gasteiger partial charge in [0.25, 0.3) is 0 Å².